The molecular formula is C21H22N4O. The Labute approximate surface area is 153 Å². The molecule has 2 N–H and O–H groups in total. The maximum absolute atomic E-state index is 12.7. The number of benzene rings is 2. The van der Waals surface area contributed by atoms with Gasteiger partial charge in [0.15, 0.2) is 0 Å². The van der Waals surface area contributed by atoms with Crippen LogP contribution in [0.25, 0.3) is 0 Å². The fraction of sp³-hybridized carbons (Fsp3) is 0.190. The lowest BCUT2D eigenvalue weighted by atomic mass is 10.1. The summed E-state index contributed by atoms with van der Waals surface area (Å²) in [5.41, 5.74) is 5.27. The maximum Gasteiger partial charge on any atom is 0.255 e. The number of hydrogen-bond acceptors (Lipinski definition) is 4. The number of aromatic nitrogens is 2. The van der Waals surface area contributed by atoms with Crippen LogP contribution in [0.5, 0.6) is 0 Å². The molecule has 1 aromatic heterocycles. The van der Waals surface area contributed by atoms with Gasteiger partial charge in [-0.25, -0.2) is 9.97 Å². The number of carbonyl (C=O) groups excluding carboxylic acids is 1. The lowest BCUT2D eigenvalue weighted by molar-refractivity contribution is 0.102. The van der Waals surface area contributed by atoms with Gasteiger partial charge in [-0.3, -0.25) is 4.79 Å². The van der Waals surface area contributed by atoms with E-state index in [0.717, 1.165) is 40.4 Å². The first kappa shape index (κ1) is 17.6. The molecule has 0 aliphatic rings. The topological polar surface area (TPSA) is 66.9 Å². The Kier molecular flexibility index (Phi) is 5.27. The predicted molar refractivity (Wildman–Crippen MR) is 105 cm³/mol. The Morgan fingerprint density at radius 2 is 1.85 bits per heavy atom. The Balaban J connectivity index is 1.86. The van der Waals surface area contributed by atoms with E-state index in [1.165, 1.54) is 6.33 Å². The number of amides is 1. The van der Waals surface area contributed by atoms with Gasteiger partial charge in [0, 0.05) is 28.7 Å². The molecule has 0 saturated carbocycles. The smallest absolute Gasteiger partial charge is 0.255 e. The van der Waals surface area contributed by atoms with Gasteiger partial charge in [0.25, 0.3) is 5.91 Å². The highest BCUT2D eigenvalue weighted by atomic mass is 16.1. The molecule has 26 heavy (non-hydrogen) atoms. The summed E-state index contributed by atoms with van der Waals surface area (Å²) in [5, 5.41) is 6.30. The first-order chi connectivity index (χ1) is 12.6. The Hall–Kier alpha value is -3.21. The Morgan fingerprint density at radius 3 is 2.58 bits per heavy atom. The molecule has 0 fully saturated rings. The van der Waals surface area contributed by atoms with E-state index in [2.05, 4.69) is 27.5 Å². The van der Waals surface area contributed by atoms with Crippen LogP contribution in [-0.4, -0.2) is 15.9 Å². The average molecular weight is 346 g/mol. The minimum Gasteiger partial charge on any atom is -0.340 e. The zero-order chi connectivity index (χ0) is 18.5. The summed E-state index contributed by atoms with van der Waals surface area (Å²) in [6.45, 7) is 5.92. The van der Waals surface area contributed by atoms with Crippen LogP contribution in [0.3, 0.4) is 0 Å². The third kappa shape index (κ3) is 4.06. The summed E-state index contributed by atoms with van der Waals surface area (Å²) in [5.74, 6) is 0.616. The number of anilines is 3. The van der Waals surface area contributed by atoms with Crippen molar-refractivity contribution >= 4 is 23.1 Å². The minimum absolute atomic E-state index is 0.104. The molecule has 132 valence electrons. The van der Waals surface area contributed by atoms with Gasteiger partial charge < -0.3 is 10.6 Å². The van der Waals surface area contributed by atoms with Crippen LogP contribution in [0.15, 0.2) is 54.9 Å². The first-order valence-electron chi connectivity index (χ1n) is 8.62. The molecule has 0 spiro atoms. The van der Waals surface area contributed by atoms with Crippen LogP contribution in [0.4, 0.5) is 17.2 Å². The summed E-state index contributed by atoms with van der Waals surface area (Å²) in [4.78, 5) is 21.0. The molecule has 1 heterocycles. The lowest BCUT2D eigenvalue weighted by Crippen LogP contribution is -2.14. The molecular weight excluding hydrogens is 324 g/mol. The summed E-state index contributed by atoms with van der Waals surface area (Å²) >= 11 is 0. The zero-order valence-electron chi connectivity index (χ0n) is 15.2. The van der Waals surface area contributed by atoms with E-state index in [0.29, 0.717) is 5.56 Å². The monoisotopic (exact) mass is 346 g/mol. The van der Waals surface area contributed by atoms with Crippen LogP contribution in [0.1, 0.15) is 34.1 Å². The highest BCUT2D eigenvalue weighted by Crippen LogP contribution is 2.25. The number of aryl methyl sites for hydroxylation is 3. The van der Waals surface area contributed by atoms with E-state index in [1.807, 2.05) is 62.4 Å². The van der Waals surface area contributed by atoms with Crippen LogP contribution in [0.2, 0.25) is 0 Å². The van der Waals surface area contributed by atoms with Gasteiger partial charge in [-0.05, 0) is 49.6 Å². The van der Waals surface area contributed by atoms with E-state index < -0.39 is 0 Å². The standard InChI is InChI=1S/C21H22N4O/c1-4-16-9-10-17(24-20-11-15(3)22-13-23-20)12-19(16)25-21(26)18-8-6-5-7-14(18)2/h5-13H,4H2,1-3H3,(H,25,26)(H,22,23,24). The second-order valence-corrected chi connectivity index (χ2v) is 6.16. The average Bonchev–Trinajstić information content (AvgIpc) is 2.62. The van der Waals surface area contributed by atoms with Gasteiger partial charge in [0.1, 0.15) is 12.1 Å². The third-order valence-corrected chi connectivity index (χ3v) is 4.20. The van der Waals surface area contributed by atoms with Crippen molar-refractivity contribution in [3.05, 3.63) is 77.2 Å². The van der Waals surface area contributed by atoms with Crippen molar-refractivity contribution in [2.24, 2.45) is 0 Å². The molecule has 2 aromatic carbocycles. The molecule has 0 bridgehead atoms. The second-order valence-electron chi connectivity index (χ2n) is 6.16. The van der Waals surface area contributed by atoms with Gasteiger partial charge in [0.2, 0.25) is 0 Å². The van der Waals surface area contributed by atoms with Crippen molar-refractivity contribution in [3.8, 4) is 0 Å². The van der Waals surface area contributed by atoms with Crippen LogP contribution >= 0.6 is 0 Å². The van der Waals surface area contributed by atoms with Gasteiger partial charge in [-0.15, -0.1) is 0 Å². The number of nitrogens with zero attached hydrogens (tertiary/aromatic N) is 2. The second kappa shape index (κ2) is 7.78. The summed E-state index contributed by atoms with van der Waals surface area (Å²) in [6.07, 6.45) is 2.36. The number of carbonyl (C=O) groups is 1. The fourth-order valence-electron chi connectivity index (χ4n) is 2.77. The first-order valence-corrected chi connectivity index (χ1v) is 8.62. The normalized spacial score (nSPS) is 10.4. The van der Waals surface area contributed by atoms with Gasteiger partial charge in [0.05, 0.1) is 0 Å². The highest BCUT2D eigenvalue weighted by molar-refractivity contribution is 6.05. The number of nitrogens with one attached hydrogen (secondary N) is 2. The molecule has 0 aliphatic carbocycles. The van der Waals surface area contributed by atoms with Crippen LogP contribution < -0.4 is 10.6 Å². The van der Waals surface area contributed by atoms with Gasteiger partial charge >= 0.3 is 0 Å². The van der Waals surface area contributed by atoms with E-state index in [1.54, 1.807) is 0 Å². The lowest BCUT2D eigenvalue weighted by Gasteiger charge is -2.14. The van der Waals surface area contributed by atoms with E-state index in [9.17, 15) is 4.79 Å². The van der Waals surface area contributed by atoms with Crippen LogP contribution in [-0.2, 0) is 6.42 Å². The van der Waals surface area contributed by atoms with Crippen molar-refractivity contribution < 1.29 is 4.79 Å². The molecule has 0 atom stereocenters. The fourth-order valence-corrected chi connectivity index (χ4v) is 2.77. The van der Waals surface area contributed by atoms with E-state index in [-0.39, 0.29) is 5.91 Å². The highest BCUT2D eigenvalue weighted by Gasteiger charge is 2.11. The minimum atomic E-state index is -0.104. The number of hydrogen-bond donors (Lipinski definition) is 2. The molecule has 0 radical (unpaired) electrons. The van der Waals surface area contributed by atoms with E-state index >= 15 is 0 Å². The molecule has 1 amide bonds. The summed E-state index contributed by atoms with van der Waals surface area (Å²) in [6, 6.07) is 15.4. The predicted octanol–water partition coefficient (Wildman–Crippen LogP) is 4.65. The third-order valence-electron chi connectivity index (χ3n) is 4.20. The van der Waals surface area contributed by atoms with Crippen molar-refractivity contribution in [2.75, 3.05) is 10.6 Å². The van der Waals surface area contributed by atoms with Gasteiger partial charge in [-0.1, -0.05) is 31.2 Å². The molecule has 0 saturated heterocycles. The summed E-state index contributed by atoms with van der Waals surface area (Å²) < 4.78 is 0. The van der Waals surface area contributed by atoms with Crippen molar-refractivity contribution in [1.82, 2.24) is 9.97 Å². The number of rotatable bonds is 5. The SMILES string of the molecule is CCc1ccc(Nc2cc(C)ncn2)cc1NC(=O)c1ccccc1C. The Bertz CT molecular complexity index is 937. The molecule has 5 nitrogen and oxygen atoms in total. The Morgan fingerprint density at radius 1 is 1.04 bits per heavy atom. The van der Waals surface area contributed by atoms with Crippen molar-refractivity contribution in [1.29, 1.82) is 0 Å². The van der Waals surface area contributed by atoms with Crippen molar-refractivity contribution in [3.63, 3.8) is 0 Å². The molecule has 0 unspecified atom stereocenters. The molecule has 0 aliphatic heterocycles. The quantitative estimate of drug-likeness (QED) is 0.705. The molecule has 3 aromatic rings. The maximum atomic E-state index is 12.7. The molecule has 5 heteroatoms. The van der Waals surface area contributed by atoms with Crippen LogP contribution in [0, 0.1) is 13.8 Å². The van der Waals surface area contributed by atoms with Gasteiger partial charge in [-0.2, -0.15) is 0 Å². The molecule has 3 rings (SSSR count). The van der Waals surface area contributed by atoms with Crippen molar-refractivity contribution in [2.45, 2.75) is 27.2 Å². The summed E-state index contributed by atoms with van der Waals surface area (Å²) in [7, 11) is 0. The zero-order valence-corrected chi connectivity index (χ0v) is 15.2. The van der Waals surface area contributed by atoms with E-state index in [4.69, 9.17) is 0 Å². The largest absolute Gasteiger partial charge is 0.340 e.